The fraction of sp³-hybridized carbons (Fsp3) is 0.364. The Labute approximate surface area is 104 Å². The second-order valence-corrected chi connectivity index (χ2v) is 3.39. The number of hydrogen-bond acceptors (Lipinski definition) is 4. The number of amides is 2. The van der Waals surface area contributed by atoms with Gasteiger partial charge >= 0.3 is 0 Å². The van der Waals surface area contributed by atoms with Gasteiger partial charge in [0.15, 0.2) is 0 Å². The molecule has 1 rings (SSSR count). The fourth-order valence-electron chi connectivity index (χ4n) is 1.16. The summed E-state index contributed by atoms with van der Waals surface area (Å²) in [6.07, 6.45) is 1.18. The van der Waals surface area contributed by atoms with Crippen molar-refractivity contribution in [1.82, 2.24) is 15.6 Å². The van der Waals surface area contributed by atoms with Gasteiger partial charge in [-0.15, -0.1) is 0 Å². The highest BCUT2D eigenvalue weighted by Crippen LogP contribution is 1.99. The van der Waals surface area contributed by atoms with Crippen molar-refractivity contribution >= 4 is 11.8 Å². The molecular formula is C11H14FN3O3. The van der Waals surface area contributed by atoms with Crippen molar-refractivity contribution in [2.45, 2.75) is 0 Å². The summed E-state index contributed by atoms with van der Waals surface area (Å²) in [6, 6.07) is 2.36. The maximum Gasteiger partial charge on any atom is 0.251 e. The molecule has 1 aromatic rings. The van der Waals surface area contributed by atoms with Crippen LogP contribution in [0.3, 0.4) is 0 Å². The number of rotatable bonds is 6. The van der Waals surface area contributed by atoms with Gasteiger partial charge in [0.05, 0.1) is 13.2 Å². The number of halogens is 1. The highest BCUT2D eigenvalue weighted by atomic mass is 19.1. The minimum Gasteiger partial charge on any atom is -0.383 e. The van der Waals surface area contributed by atoms with E-state index in [9.17, 15) is 14.0 Å². The molecule has 0 fully saturated rings. The van der Waals surface area contributed by atoms with Crippen LogP contribution >= 0.6 is 0 Å². The van der Waals surface area contributed by atoms with Crippen LogP contribution in [0.4, 0.5) is 4.39 Å². The maximum atomic E-state index is 12.7. The Hall–Kier alpha value is -2.02. The van der Waals surface area contributed by atoms with E-state index in [0.717, 1.165) is 6.07 Å². The van der Waals surface area contributed by atoms with E-state index >= 15 is 0 Å². The lowest BCUT2D eigenvalue weighted by Gasteiger charge is -2.06. The molecule has 7 heteroatoms. The number of hydrogen-bond donors (Lipinski definition) is 2. The summed E-state index contributed by atoms with van der Waals surface area (Å²) < 4.78 is 17.5. The van der Waals surface area contributed by atoms with Gasteiger partial charge < -0.3 is 15.4 Å². The minimum atomic E-state index is -0.743. The molecule has 0 saturated carbocycles. The second kappa shape index (κ2) is 7.33. The van der Waals surface area contributed by atoms with E-state index < -0.39 is 11.9 Å². The molecule has 6 nitrogen and oxygen atoms in total. The molecule has 1 heterocycles. The standard InChI is InChI=1S/C11H14FN3O3/c1-18-5-4-14-10(16)7-15-11(17)8-2-3-13-9(12)6-8/h2-3,6H,4-5,7H2,1H3,(H,14,16)(H,15,17). The number of carbonyl (C=O) groups is 2. The molecule has 0 aliphatic heterocycles. The Morgan fingerprint density at radius 2 is 2.22 bits per heavy atom. The average molecular weight is 255 g/mol. The van der Waals surface area contributed by atoms with Crippen molar-refractivity contribution in [3.8, 4) is 0 Å². The van der Waals surface area contributed by atoms with Crippen molar-refractivity contribution in [1.29, 1.82) is 0 Å². The third-order valence-electron chi connectivity index (χ3n) is 2.03. The molecule has 2 N–H and O–H groups in total. The average Bonchev–Trinajstić information content (AvgIpc) is 2.36. The smallest absolute Gasteiger partial charge is 0.251 e. The summed E-state index contributed by atoms with van der Waals surface area (Å²) in [7, 11) is 1.52. The Kier molecular flexibility index (Phi) is 5.72. The summed E-state index contributed by atoms with van der Waals surface area (Å²) in [5.41, 5.74) is 0.118. The molecule has 0 atom stereocenters. The number of pyridine rings is 1. The summed E-state index contributed by atoms with van der Waals surface area (Å²) >= 11 is 0. The van der Waals surface area contributed by atoms with Crippen LogP contribution in [0.1, 0.15) is 10.4 Å². The SMILES string of the molecule is COCCNC(=O)CNC(=O)c1ccnc(F)c1. The van der Waals surface area contributed by atoms with Gasteiger partial charge in [0.25, 0.3) is 5.91 Å². The van der Waals surface area contributed by atoms with Crippen LogP contribution in [-0.2, 0) is 9.53 Å². The fourth-order valence-corrected chi connectivity index (χ4v) is 1.16. The van der Waals surface area contributed by atoms with Crippen LogP contribution in [0.15, 0.2) is 18.3 Å². The van der Waals surface area contributed by atoms with Gasteiger partial charge in [-0.1, -0.05) is 0 Å². The zero-order valence-corrected chi connectivity index (χ0v) is 9.90. The molecule has 0 bridgehead atoms. The number of nitrogens with zero attached hydrogens (tertiary/aromatic N) is 1. The zero-order chi connectivity index (χ0) is 13.4. The molecule has 0 spiro atoms. The molecule has 0 unspecified atom stereocenters. The summed E-state index contributed by atoms with van der Waals surface area (Å²) in [5, 5.41) is 4.90. The molecule has 1 aromatic heterocycles. The lowest BCUT2D eigenvalue weighted by molar-refractivity contribution is -0.120. The molecular weight excluding hydrogens is 241 g/mol. The van der Waals surface area contributed by atoms with Crippen molar-refractivity contribution < 1.29 is 18.7 Å². The van der Waals surface area contributed by atoms with Crippen LogP contribution in [0.2, 0.25) is 0 Å². The summed E-state index contributed by atoms with van der Waals surface area (Å²) in [5.74, 6) is -1.61. The van der Waals surface area contributed by atoms with Crippen LogP contribution in [0.25, 0.3) is 0 Å². The van der Waals surface area contributed by atoms with Crippen LogP contribution < -0.4 is 10.6 Å². The van der Waals surface area contributed by atoms with Gasteiger partial charge in [0, 0.05) is 31.5 Å². The lowest BCUT2D eigenvalue weighted by atomic mass is 10.2. The third kappa shape index (κ3) is 4.88. The molecule has 0 radical (unpaired) electrons. The first-order valence-electron chi connectivity index (χ1n) is 5.29. The van der Waals surface area contributed by atoms with Crippen molar-refractivity contribution in [2.75, 3.05) is 26.8 Å². The van der Waals surface area contributed by atoms with Gasteiger partial charge in [-0.25, -0.2) is 4.98 Å². The van der Waals surface area contributed by atoms with Gasteiger partial charge in [0.2, 0.25) is 11.9 Å². The molecule has 18 heavy (non-hydrogen) atoms. The molecule has 0 aliphatic rings. The van der Waals surface area contributed by atoms with E-state index in [-0.39, 0.29) is 18.0 Å². The van der Waals surface area contributed by atoms with E-state index in [1.54, 1.807) is 0 Å². The zero-order valence-electron chi connectivity index (χ0n) is 9.90. The monoisotopic (exact) mass is 255 g/mol. The molecule has 2 amide bonds. The van der Waals surface area contributed by atoms with Crippen molar-refractivity contribution in [2.24, 2.45) is 0 Å². The number of aromatic nitrogens is 1. The van der Waals surface area contributed by atoms with E-state index in [0.29, 0.717) is 13.2 Å². The first-order chi connectivity index (χ1) is 8.63. The van der Waals surface area contributed by atoms with E-state index in [1.807, 2.05) is 0 Å². The predicted octanol–water partition coefficient (Wildman–Crippen LogP) is -0.287. The second-order valence-electron chi connectivity index (χ2n) is 3.39. The van der Waals surface area contributed by atoms with Crippen LogP contribution in [0.5, 0.6) is 0 Å². The van der Waals surface area contributed by atoms with Gasteiger partial charge in [0.1, 0.15) is 0 Å². The molecule has 0 aliphatic carbocycles. The van der Waals surface area contributed by atoms with Crippen LogP contribution in [0, 0.1) is 5.95 Å². The number of carbonyl (C=O) groups excluding carboxylic acids is 2. The first-order valence-corrected chi connectivity index (χ1v) is 5.29. The largest absolute Gasteiger partial charge is 0.383 e. The van der Waals surface area contributed by atoms with Gasteiger partial charge in [-0.3, -0.25) is 9.59 Å². The Balaban J connectivity index is 2.35. The molecule has 98 valence electrons. The molecule has 0 aromatic carbocycles. The summed E-state index contributed by atoms with van der Waals surface area (Å²) in [6.45, 7) is 0.594. The van der Waals surface area contributed by atoms with E-state index in [1.165, 1.54) is 19.4 Å². The normalized spacial score (nSPS) is 9.89. The summed E-state index contributed by atoms with van der Waals surface area (Å²) in [4.78, 5) is 26.1. The van der Waals surface area contributed by atoms with E-state index in [4.69, 9.17) is 4.74 Å². The number of nitrogens with one attached hydrogen (secondary N) is 2. The minimum absolute atomic E-state index is 0.118. The highest BCUT2D eigenvalue weighted by molar-refractivity contribution is 5.96. The molecule has 0 saturated heterocycles. The van der Waals surface area contributed by atoms with Gasteiger partial charge in [-0.05, 0) is 6.07 Å². The van der Waals surface area contributed by atoms with Crippen molar-refractivity contribution in [3.05, 3.63) is 29.8 Å². The van der Waals surface area contributed by atoms with Crippen molar-refractivity contribution in [3.63, 3.8) is 0 Å². The lowest BCUT2D eigenvalue weighted by Crippen LogP contribution is -2.38. The Morgan fingerprint density at radius 1 is 1.44 bits per heavy atom. The Bertz CT molecular complexity index is 426. The topological polar surface area (TPSA) is 80.3 Å². The Morgan fingerprint density at radius 3 is 2.89 bits per heavy atom. The van der Waals surface area contributed by atoms with Crippen LogP contribution in [-0.4, -0.2) is 43.6 Å². The van der Waals surface area contributed by atoms with E-state index in [2.05, 4.69) is 15.6 Å². The number of ether oxygens (including phenoxy) is 1. The van der Waals surface area contributed by atoms with Gasteiger partial charge in [-0.2, -0.15) is 4.39 Å². The number of methoxy groups -OCH3 is 1. The first kappa shape index (κ1) is 14.0. The quantitative estimate of drug-likeness (QED) is 0.541. The maximum absolute atomic E-state index is 12.7. The third-order valence-corrected chi connectivity index (χ3v) is 2.03. The highest BCUT2D eigenvalue weighted by Gasteiger charge is 2.08. The predicted molar refractivity (Wildman–Crippen MR) is 61.4 cm³/mol.